The molecule has 2 nitrogen and oxygen atoms in total. The van der Waals surface area contributed by atoms with Crippen LogP contribution in [0.5, 0.6) is 0 Å². The molecule has 0 amide bonds. The number of halogens is 9. The van der Waals surface area contributed by atoms with Crippen molar-refractivity contribution in [2.24, 2.45) is 0 Å². The molecule has 0 N–H and O–H groups in total. The standard InChI is InChI=1S/C4H2F9O2P/c5-1-2(6,7)3(8,9)4(10,11)15-16(12,13)14/h1H2. The number of hydrogen-bond donors (Lipinski definition) is 0. The third kappa shape index (κ3) is 3.03. The highest BCUT2D eigenvalue weighted by Gasteiger charge is 2.75. The predicted octanol–water partition coefficient (Wildman–Crippen LogP) is 3.88. The van der Waals surface area contributed by atoms with E-state index in [-0.39, 0.29) is 0 Å². The Kier molecular flexibility index (Phi) is 3.99. The van der Waals surface area contributed by atoms with Gasteiger partial charge in [-0.05, 0) is 0 Å². The van der Waals surface area contributed by atoms with Gasteiger partial charge in [-0.15, -0.1) is 8.39 Å². The maximum absolute atomic E-state index is 12.2. The Morgan fingerprint density at radius 2 is 1.38 bits per heavy atom. The summed E-state index contributed by atoms with van der Waals surface area (Å²) in [5, 5.41) is 0. The lowest BCUT2D eigenvalue weighted by molar-refractivity contribution is -0.375. The van der Waals surface area contributed by atoms with Gasteiger partial charge in [0.05, 0.1) is 0 Å². The van der Waals surface area contributed by atoms with Crippen LogP contribution >= 0.6 is 7.99 Å². The highest BCUT2D eigenvalue weighted by Crippen LogP contribution is 2.59. The van der Waals surface area contributed by atoms with Crippen LogP contribution in [0.1, 0.15) is 0 Å². The Labute approximate surface area is 82.1 Å². The number of alkyl halides is 7. The molecule has 12 heteroatoms. The van der Waals surface area contributed by atoms with Crippen LogP contribution in [0.4, 0.5) is 39.1 Å². The average molecular weight is 284 g/mol. The molecule has 0 unspecified atom stereocenters. The highest BCUT2D eigenvalue weighted by molar-refractivity contribution is 7.47. The molecular weight excluding hydrogens is 282 g/mol. The summed E-state index contributed by atoms with van der Waals surface area (Å²) in [4.78, 5) is 0. The van der Waals surface area contributed by atoms with Gasteiger partial charge in [-0.1, -0.05) is 0 Å². The van der Waals surface area contributed by atoms with E-state index in [9.17, 15) is 43.7 Å². The van der Waals surface area contributed by atoms with Crippen molar-refractivity contribution in [2.75, 3.05) is 6.67 Å². The summed E-state index contributed by atoms with van der Waals surface area (Å²) in [5.41, 5.74) is 0. The van der Waals surface area contributed by atoms with Crippen LogP contribution in [-0.2, 0) is 9.09 Å². The van der Waals surface area contributed by atoms with Gasteiger partial charge in [0.1, 0.15) is 0 Å². The first kappa shape index (κ1) is 15.6. The van der Waals surface area contributed by atoms with E-state index in [1.54, 1.807) is 4.52 Å². The minimum absolute atomic E-state index is 1.77. The van der Waals surface area contributed by atoms with Gasteiger partial charge in [-0.3, -0.25) is 0 Å². The molecule has 0 aromatic heterocycles. The van der Waals surface area contributed by atoms with Crippen LogP contribution in [-0.4, -0.2) is 24.6 Å². The number of rotatable bonds is 5. The SMILES string of the molecule is O=P(F)(F)OC(F)(F)C(F)(F)C(F)(F)CF. The second kappa shape index (κ2) is 4.10. The van der Waals surface area contributed by atoms with Gasteiger partial charge in [-0.2, -0.15) is 26.3 Å². The summed E-state index contributed by atoms with van der Waals surface area (Å²) in [5.74, 6) is -12.5. The summed E-state index contributed by atoms with van der Waals surface area (Å²) in [7, 11) is -7.15. The molecule has 16 heavy (non-hydrogen) atoms. The molecule has 0 spiro atoms. The summed E-state index contributed by atoms with van der Waals surface area (Å²) < 4.78 is 118. The summed E-state index contributed by atoms with van der Waals surface area (Å²) >= 11 is 0. The van der Waals surface area contributed by atoms with Crippen LogP contribution in [0.2, 0.25) is 0 Å². The largest absolute Gasteiger partial charge is 0.556 e. The maximum Gasteiger partial charge on any atom is 0.556 e. The predicted molar refractivity (Wildman–Crippen MR) is 31.7 cm³/mol. The monoisotopic (exact) mass is 284 g/mol. The van der Waals surface area contributed by atoms with Crippen molar-refractivity contribution in [3.8, 4) is 0 Å². The Morgan fingerprint density at radius 1 is 1.00 bits per heavy atom. The maximum atomic E-state index is 12.2. The van der Waals surface area contributed by atoms with E-state index in [2.05, 4.69) is 0 Å². The van der Waals surface area contributed by atoms with Crippen molar-refractivity contribution >= 4 is 7.99 Å². The highest BCUT2D eigenvalue weighted by atomic mass is 31.2. The molecule has 0 rings (SSSR count). The molecule has 0 aromatic carbocycles. The smallest absolute Gasteiger partial charge is 0.244 e. The van der Waals surface area contributed by atoms with Gasteiger partial charge in [0.15, 0.2) is 6.67 Å². The van der Waals surface area contributed by atoms with E-state index in [1.807, 2.05) is 0 Å². The molecule has 0 saturated heterocycles. The molecule has 0 aliphatic heterocycles. The van der Waals surface area contributed by atoms with Crippen molar-refractivity contribution in [3.63, 3.8) is 0 Å². The first-order valence-electron chi connectivity index (χ1n) is 3.16. The fourth-order valence-corrected chi connectivity index (χ4v) is 0.869. The molecule has 0 saturated carbocycles. The van der Waals surface area contributed by atoms with E-state index in [0.717, 1.165) is 0 Å². The van der Waals surface area contributed by atoms with Crippen LogP contribution < -0.4 is 0 Å². The second-order valence-electron chi connectivity index (χ2n) is 2.43. The third-order valence-corrected chi connectivity index (χ3v) is 1.66. The first-order chi connectivity index (χ1) is 6.77. The molecule has 98 valence electrons. The van der Waals surface area contributed by atoms with Crippen molar-refractivity contribution in [2.45, 2.75) is 18.0 Å². The summed E-state index contributed by atoms with van der Waals surface area (Å²) in [6, 6.07) is 0. The van der Waals surface area contributed by atoms with E-state index in [0.29, 0.717) is 0 Å². The first-order valence-corrected chi connectivity index (χ1v) is 4.57. The zero-order valence-corrected chi connectivity index (χ0v) is 7.77. The van der Waals surface area contributed by atoms with Crippen LogP contribution in [0.3, 0.4) is 0 Å². The molecule has 0 aliphatic carbocycles. The van der Waals surface area contributed by atoms with Crippen LogP contribution in [0, 0.1) is 0 Å². The number of hydrogen-bond acceptors (Lipinski definition) is 2. The topological polar surface area (TPSA) is 26.3 Å². The lowest BCUT2D eigenvalue weighted by Gasteiger charge is -2.29. The molecule has 0 aliphatic rings. The molecule has 0 bridgehead atoms. The van der Waals surface area contributed by atoms with Crippen LogP contribution in [0.25, 0.3) is 0 Å². The van der Waals surface area contributed by atoms with Gasteiger partial charge in [0, 0.05) is 0 Å². The zero-order chi connectivity index (χ0) is 13.4. The molecule has 0 atom stereocenters. The van der Waals surface area contributed by atoms with Gasteiger partial charge >= 0.3 is 25.9 Å². The van der Waals surface area contributed by atoms with Crippen molar-refractivity contribution in [3.05, 3.63) is 0 Å². The minimum atomic E-state index is -7.15. The third-order valence-electron chi connectivity index (χ3n) is 1.21. The molecular formula is C4H2F9O2P. The van der Waals surface area contributed by atoms with E-state index < -0.39 is 32.6 Å². The fourth-order valence-electron chi connectivity index (χ4n) is 0.488. The quantitative estimate of drug-likeness (QED) is 0.565. The minimum Gasteiger partial charge on any atom is -0.244 e. The Balaban J connectivity index is 5.22. The zero-order valence-electron chi connectivity index (χ0n) is 6.87. The van der Waals surface area contributed by atoms with Crippen LogP contribution in [0.15, 0.2) is 0 Å². The van der Waals surface area contributed by atoms with Gasteiger partial charge in [0.25, 0.3) is 0 Å². The fraction of sp³-hybridized carbons (Fsp3) is 1.00. The molecule has 0 fully saturated rings. The van der Waals surface area contributed by atoms with E-state index in [1.165, 1.54) is 0 Å². The summed E-state index contributed by atoms with van der Waals surface area (Å²) in [6.45, 7) is -3.23. The normalized spacial score (nSPS) is 15.3. The van der Waals surface area contributed by atoms with Gasteiger partial charge < -0.3 is 0 Å². The summed E-state index contributed by atoms with van der Waals surface area (Å²) in [6.07, 6.45) is -6.47. The van der Waals surface area contributed by atoms with E-state index in [4.69, 9.17) is 0 Å². The van der Waals surface area contributed by atoms with Crippen molar-refractivity contribution < 1.29 is 48.2 Å². The van der Waals surface area contributed by atoms with E-state index >= 15 is 0 Å². The Morgan fingerprint density at radius 3 is 1.62 bits per heavy atom. The van der Waals surface area contributed by atoms with Gasteiger partial charge in [-0.25, -0.2) is 13.5 Å². The molecule has 0 heterocycles. The van der Waals surface area contributed by atoms with Gasteiger partial charge in [0.2, 0.25) is 0 Å². The van der Waals surface area contributed by atoms with Crippen molar-refractivity contribution in [1.29, 1.82) is 0 Å². The second-order valence-corrected chi connectivity index (χ2v) is 3.45. The molecule has 0 radical (unpaired) electrons. The Hall–Kier alpha value is -0.440. The van der Waals surface area contributed by atoms with Crippen molar-refractivity contribution in [1.82, 2.24) is 0 Å². The Bertz CT molecular complexity index is 296. The molecule has 0 aromatic rings. The lowest BCUT2D eigenvalue weighted by Crippen LogP contribution is -2.55. The average Bonchev–Trinajstić information content (AvgIpc) is 1.99. The lowest BCUT2D eigenvalue weighted by atomic mass is 10.2.